The predicted molar refractivity (Wildman–Crippen MR) is 171 cm³/mol. The number of fused-ring (bicyclic) bond motifs is 6. The number of anilines is 1. The fourth-order valence-electron chi connectivity index (χ4n) is 6.96. The molecular weight excluding hydrogens is 644 g/mol. The molecule has 7 nitrogen and oxygen atoms in total. The van der Waals surface area contributed by atoms with E-state index < -0.39 is 12.6 Å². The Bertz CT molecular complexity index is 1940. The second-order valence-electron chi connectivity index (χ2n) is 11.7. The number of nitrogens with zero attached hydrogens (tertiary/aromatic N) is 2. The van der Waals surface area contributed by atoms with Crippen molar-refractivity contribution in [2.45, 2.75) is 20.3 Å². The molecule has 2 heterocycles. The number of hydrogen-bond acceptors (Lipinski definition) is 6. The molecule has 7 rings (SSSR count). The maximum Gasteiger partial charge on any atom is 0.339 e. The summed E-state index contributed by atoms with van der Waals surface area (Å²) in [7, 11) is 0. The Morgan fingerprint density at radius 1 is 0.977 bits per heavy atom. The highest BCUT2D eigenvalue weighted by molar-refractivity contribution is 9.10. The topological polar surface area (TPSA) is 93.6 Å². The number of amides is 2. The van der Waals surface area contributed by atoms with E-state index in [9.17, 15) is 19.2 Å². The first-order valence-electron chi connectivity index (χ1n) is 14.3. The summed E-state index contributed by atoms with van der Waals surface area (Å²) >= 11 is 9.76. The van der Waals surface area contributed by atoms with Crippen LogP contribution in [0.3, 0.4) is 0 Å². The average Bonchev–Trinajstić information content (AvgIpc) is 3.67. The molecule has 0 N–H and O–H groups in total. The zero-order valence-corrected chi connectivity index (χ0v) is 26.2. The molecule has 2 aliphatic carbocycles. The number of esters is 1. The van der Waals surface area contributed by atoms with Gasteiger partial charge in [-0.25, -0.2) is 9.78 Å². The van der Waals surface area contributed by atoms with E-state index in [-0.39, 0.29) is 46.8 Å². The van der Waals surface area contributed by atoms with Crippen LogP contribution in [0.1, 0.15) is 39.6 Å². The highest BCUT2D eigenvalue weighted by Gasteiger charge is 2.60. The number of ether oxygens (including phenoxy) is 1. The van der Waals surface area contributed by atoms with E-state index in [0.717, 1.165) is 10.9 Å². The number of imide groups is 1. The second-order valence-corrected chi connectivity index (χ2v) is 13.0. The predicted octanol–water partition coefficient (Wildman–Crippen LogP) is 7.37. The first kappa shape index (κ1) is 28.6. The van der Waals surface area contributed by atoms with Gasteiger partial charge in [0.05, 0.1) is 34.3 Å². The molecule has 2 amide bonds. The molecule has 1 saturated carbocycles. The van der Waals surface area contributed by atoms with Crippen LogP contribution >= 0.6 is 27.5 Å². The van der Waals surface area contributed by atoms with Gasteiger partial charge in [-0.15, -0.1) is 0 Å². The molecule has 1 saturated heterocycles. The Morgan fingerprint density at radius 3 is 2.41 bits per heavy atom. The minimum absolute atomic E-state index is 0.130. The van der Waals surface area contributed by atoms with Crippen molar-refractivity contribution in [3.63, 3.8) is 0 Å². The fourth-order valence-corrected chi connectivity index (χ4v) is 7.38. The molecule has 3 aliphatic rings. The third-order valence-corrected chi connectivity index (χ3v) is 10.1. The second kappa shape index (κ2) is 10.8. The normalized spacial score (nSPS) is 22.0. The number of ketones is 1. The Kier molecular flexibility index (Phi) is 7.02. The Hall–Kier alpha value is -4.14. The SMILES string of the molecule is CC1=CC2CC1C1C(=O)N(c3ccc(-c4cc(C(=O)OCC(=O)c5ccc(Br)cc5)c5ccc(Cl)c(C)c5n4)cc3)C(=O)C21. The molecule has 9 heteroatoms. The Balaban J connectivity index is 1.18. The lowest BCUT2D eigenvalue weighted by atomic mass is 9.82. The van der Waals surface area contributed by atoms with Crippen molar-refractivity contribution in [1.82, 2.24) is 4.98 Å². The maximum atomic E-state index is 13.4. The summed E-state index contributed by atoms with van der Waals surface area (Å²) < 4.78 is 6.31. The maximum absolute atomic E-state index is 13.4. The lowest BCUT2D eigenvalue weighted by Crippen LogP contribution is -2.32. The number of aryl methyl sites for hydroxylation is 1. The minimum atomic E-state index is -0.666. The van der Waals surface area contributed by atoms with E-state index >= 15 is 0 Å². The van der Waals surface area contributed by atoms with Crippen LogP contribution in [0, 0.1) is 30.6 Å². The molecule has 0 spiro atoms. The highest BCUT2D eigenvalue weighted by Crippen LogP contribution is 2.56. The molecular formula is C35H26BrClN2O5. The number of pyridine rings is 1. The zero-order chi connectivity index (χ0) is 30.9. The summed E-state index contributed by atoms with van der Waals surface area (Å²) in [4.78, 5) is 59.0. The number of hydrogen-bond donors (Lipinski definition) is 0. The minimum Gasteiger partial charge on any atom is -0.454 e. The van der Waals surface area contributed by atoms with E-state index in [1.165, 1.54) is 10.5 Å². The van der Waals surface area contributed by atoms with Crippen LogP contribution in [-0.2, 0) is 14.3 Å². The van der Waals surface area contributed by atoms with Crippen molar-refractivity contribution in [3.8, 4) is 11.3 Å². The van der Waals surface area contributed by atoms with Crippen molar-refractivity contribution in [2.75, 3.05) is 11.5 Å². The van der Waals surface area contributed by atoms with Crippen LogP contribution in [0.5, 0.6) is 0 Å². The van der Waals surface area contributed by atoms with Crippen LogP contribution in [0.4, 0.5) is 5.69 Å². The third kappa shape index (κ3) is 4.59. The number of allylic oxidation sites excluding steroid dienone is 2. The number of aromatic nitrogens is 1. The quantitative estimate of drug-likeness (QED) is 0.0922. The summed E-state index contributed by atoms with van der Waals surface area (Å²) in [5, 5.41) is 1.05. The molecule has 1 aliphatic heterocycles. The summed E-state index contributed by atoms with van der Waals surface area (Å²) in [6.07, 6.45) is 3.04. The van der Waals surface area contributed by atoms with Crippen molar-refractivity contribution in [3.05, 3.63) is 105 Å². The average molecular weight is 670 g/mol. The van der Waals surface area contributed by atoms with Crippen molar-refractivity contribution in [1.29, 1.82) is 0 Å². The summed E-state index contributed by atoms with van der Waals surface area (Å²) in [6.45, 7) is 3.45. The van der Waals surface area contributed by atoms with Gasteiger partial charge in [-0.05, 0) is 74.1 Å². The van der Waals surface area contributed by atoms with E-state index in [2.05, 4.69) is 22.0 Å². The lowest BCUT2D eigenvalue weighted by Gasteiger charge is -2.19. The first-order chi connectivity index (χ1) is 21.1. The number of benzene rings is 3. The molecule has 220 valence electrons. The van der Waals surface area contributed by atoms with Crippen LogP contribution in [0.25, 0.3) is 22.2 Å². The van der Waals surface area contributed by atoms with Gasteiger partial charge in [0, 0.05) is 26.0 Å². The van der Waals surface area contributed by atoms with Crippen LogP contribution < -0.4 is 4.90 Å². The van der Waals surface area contributed by atoms with Gasteiger partial charge in [0.15, 0.2) is 12.4 Å². The number of carbonyl (C=O) groups is 4. The first-order valence-corrected chi connectivity index (χ1v) is 15.5. The number of Topliss-reactive ketones (excluding diaryl/α,β-unsaturated/α-hetero) is 1. The smallest absolute Gasteiger partial charge is 0.339 e. The van der Waals surface area contributed by atoms with E-state index in [1.54, 1.807) is 66.7 Å². The van der Waals surface area contributed by atoms with Crippen LogP contribution in [0.2, 0.25) is 5.02 Å². The van der Waals surface area contributed by atoms with Gasteiger partial charge >= 0.3 is 5.97 Å². The van der Waals surface area contributed by atoms with Crippen molar-refractivity contribution in [2.24, 2.45) is 23.7 Å². The van der Waals surface area contributed by atoms with Gasteiger partial charge in [0.2, 0.25) is 11.8 Å². The van der Waals surface area contributed by atoms with E-state index in [4.69, 9.17) is 21.3 Å². The van der Waals surface area contributed by atoms with Gasteiger partial charge in [-0.2, -0.15) is 0 Å². The largest absolute Gasteiger partial charge is 0.454 e. The monoisotopic (exact) mass is 668 g/mol. The molecule has 3 aromatic carbocycles. The summed E-state index contributed by atoms with van der Waals surface area (Å²) in [5.74, 6) is -1.55. The number of halogens is 2. The Labute approximate surface area is 267 Å². The lowest BCUT2D eigenvalue weighted by molar-refractivity contribution is -0.123. The van der Waals surface area contributed by atoms with Crippen LogP contribution in [-0.4, -0.2) is 35.2 Å². The summed E-state index contributed by atoms with van der Waals surface area (Å²) in [6, 6.07) is 18.9. The van der Waals surface area contributed by atoms with Gasteiger partial charge in [0.1, 0.15) is 0 Å². The molecule has 44 heavy (non-hydrogen) atoms. The van der Waals surface area contributed by atoms with Gasteiger partial charge < -0.3 is 4.74 Å². The standard InChI is InChI=1S/C35H26BrClN2O5/c1-17-13-21-14-25(17)31-30(21)33(41)39(34(31)42)23-9-5-19(6-10-23)28-15-26(24-11-12-27(37)18(2)32(24)38-28)35(43)44-16-29(40)20-3-7-22(36)8-4-20/h3-13,15,21,25,30-31H,14,16H2,1-2H3. The van der Waals surface area contributed by atoms with E-state index in [0.29, 0.717) is 44.0 Å². The van der Waals surface area contributed by atoms with Crippen LogP contribution in [0.15, 0.2) is 82.9 Å². The van der Waals surface area contributed by atoms with Gasteiger partial charge in [0.25, 0.3) is 0 Å². The van der Waals surface area contributed by atoms with Gasteiger partial charge in [-0.1, -0.05) is 69.5 Å². The molecule has 2 bridgehead atoms. The molecule has 0 radical (unpaired) electrons. The zero-order valence-electron chi connectivity index (χ0n) is 23.8. The fraction of sp³-hybridized carbons (Fsp3) is 0.229. The molecule has 2 fully saturated rings. The highest BCUT2D eigenvalue weighted by atomic mass is 79.9. The Morgan fingerprint density at radius 2 is 1.68 bits per heavy atom. The number of rotatable bonds is 6. The van der Waals surface area contributed by atoms with Gasteiger partial charge in [-0.3, -0.25) is 19.3 Å². The molecule has 4 aromatic rings. The van der Waals surface area contributed by atoms with Crippen molar-refractivity contribution >= 4 is 67.7 Å². The molecule has 4 atom stereocenters. The third-order valence-electron chi connectivity index (χ3n) is 9.19. The van der Waals surface area contributed by atoms with Crippen molar-refractivity contribution < 1.29 is 23.9 Å². The molecule has 1 aromatic heterocycles. The molecule has 4 unspecified atom stereocenters. The number of carbonyl (C=O) groups excluding carboxylic acids is 4. The van der Waals surface area contributed by atoms with E-state index in [1.807, 2.05) is 13.8 Å². The summed E-state index contributed by atoms with van der Waals surface area (Å²) in [5.41, 5.74) is 4.78.